The van der Waals surface area contributed by atoms with Crippen LogP contribution in [0, 0.1) is 5.41 Å². The molecule has 0 saturated carbocycles. The Hall–Kier alpha value is -1.84. The molecule has 156 valence electrons. The van der Waals surface area contributed by atoms with E-state index in [4.69, 9.17) is 11.1 Å². The summed E-state index contributed by atoms with van der Waals surface area (Å²) in [5, 5.41) is 3.71. The van der Waals surface area contributed by atoms with Crippen molar-refractivity contribution in [2.24, 2.45) is 12.8 Å². The Bertz CT molecular complexity index is 931. The van der Waals surface area contributed by atoms with Crippen LogP contribution in [-0.4, -0.2) is 38.3 Å². The third-order valence-electron chi connectivity index (χ3n) is 3.35. The summed E-state index contributed by atoms with van der Waals surface area (Å²) < 4.78 is 124. The monoisotopic (exact) mass is 445 g/mol. The van der Waals surface area contributed by atoms with Crippen molar-refractivity contribution >= 4 is 25.5 Å². The Kier molecular flexibility index (Phi) is 6.26. The molecule has 0 saturated heterocycles. The first kappa shape index (κ1) is 23.2. The molecule has 1 aromatic heterocycles. The number of alkyl halides is 6. The average Bonchev–Trinajstić information content (AvgIpc) is 2.78. The van der Waals surface area contributed by atoms with Gasteiger partial charge >= 0.3 is 35.8 Å². The number of unbranched alkanes of at least 4 members (excludes halogenated alkanes) is 1. The predicted octanol–water partition coefficient (Wildman–Crippen LogP) is 1.01. The van der Waals surface area contributed by atoms with Gasteiger partial charge < -0.3 is 5.73 Å². The van der Waals surface area contributed by atoms with Crippen LogP contribution in [0.25, 0.3) is 0 Å². The fourth-order valence-corrected chi connectivity index (χ4v) is 4.25. The molecule has 8 nitrogen and oxygen atoms in total. The summed E-state index contributed by atoms with van der Waals surface area (Å²) in [4.78, 5) is 0. The lowest BCUT2D eigenvalue weighted by atomic mass is 10.2. The zero-order valence-electron chi connectivity index (χ0n) is 13.6. The molecule has 3 N–H and O–H groups in total. The van der Waals surface area contributed by atoms with E-state index in [1.165, 1.54) is 0 Å². The number of aromatic nitrogens is 2. The number of rotatable bonds is 7. The molecule has 0 atom stereocenters. The van der Waals surface area contributed by atoms with Gasteiger partial charge in [0.05, 0.1) is 19.4 Å². The number of hydrogen-bond donors (Lipinski definition) is 2. The Morgan fingerprint density at radius 3 is 1.96 bits per heavy atom. The van der Waals surface area contributed by atoms with Crippen molar-refractivity contribution in [2.45, 2.75) is 47.0 Å². The van der Waals surface area contributed by atoms with Crippen LogP contribution in [0.2, 0.25) is 0 Å². The van der Waals surface area contributed by atoms with Crippen LogP contribution in [-0.2, 0) is 33.3 Å². The highest BCUT2D eigenvalue weighted by atomic mass is 32.2. The number of aryl methyl sites for hydroxylation is 1. The van der Waals surface area contributed by atoms with Gasteiger partial charge in [0.25, 0.3) is 5.03 Å². The molecule has 0 amide bonds. The topological polar surface area (TPSA) is 127 Å². The van der Waals surface area contributed by atoms with Crippen molar-refractivity contribution in [3.8, 4) is 0 Å². The SMILES string of the molecule is Cn1c(S(=O)(=O)C(F)(F)F)c[n+](CCCCC(=N)N)c1S(=O)(=O)C(F)(F)F. The molecule has 0 bridgehead atoms. The summed E-state index contributed by atoms with van der Waals surface area (Å²) in [6.07, 6.45) is 0.252. The zero-order valence-corrected chi connectivity index (χ0v) is 15.2. The van der Waals surface area contributed by atoms with E-state index in [1.807, 2.05) is 0 Å². The van der Waals surface area contributed by atoms with E-state index in [0.717, 1.165) is 0 Å². The van der Waals surface area contributed by atoms with Gasteiger partial charge in [-0.2, -0.15) is 26.3 Å². The van der Waals surface area contributed by atoms with E-state index in [0.29, 0.717) is 7.05 Å². The van der Waals surface area contributed by atoms with Crippen LogP contribution in [0.4, 0.5) is 26.3 Å². The number of halogens is 6. The van der Waals surface area contributed by atoms with Gasteiger partial charge in [0.2, 0.25) is 0 Å². The smallest absolute Gasteiger partial charge is 0.388 e. The quantitative estimate of drug-likeness (QED) is 0.213. The fraction of sp³-hybridized carbons (Fsp3) is 0.636. The minimum atomic E-state index is -6.15. The van der Waals surface area contributed by atoms with E-state index in [1.54, 1.807) is 0 Å². The fourth-order valence-electron chi connectivity index (χ4n) is 2.13. The molecule has 0 aliphatic rings. The second kappa shape index (κ2) is 7.29. The second-order valence-electron chi connectivity index (χ2n) is 5.38. The number of nitrogens with zero attached hydrogens (tertiary/aromatic N) is 2. The van der Waals surface area contributed by atoms with Gasteiger partial charge in [-0.15, -0.1) is 0 Å². The van der Waals surface area contributed by atoms with Gasteiger partial charge in [0.1, 0.15) is 0 Å². The van der Waals surface area contributed by atoms with Gasteiger partial charge in [0.15, 0.2) is 6.20 Å². The molecule has 1 heterocycles. The lowest BCUT2D eigenvalue weighted by Crippen LogP contribution is -2.42. The number of hydrogen-bond acceptors (Lipinski definition) is 5. The zero-order chi connectivity index (χ0) is 21.4. The Morgan fingerprint density at radius 1 is 1.07 bits per heavy atom. The highest BCUT2D eigenvalue weighted by Crippen LogP contribution is 2.33. The maximum atomic E-state index is 12.9. The molecule has 0 radical (unpaired) electrons. The maximum absolute atomic E-state index is 12.9. The standard InChI is InChI=1S/C11H15F6N4O4S2/c1-20-8(26(22,23)10(12,13)14)6-21(5-3-2-4-7(18)19)9(20)27(24,25)11(15,16)17/h6H,2-5H2,1H3,(H3,18,19)/q+1. The molecule has 0 aliphatic carbocycles. The molecule has 0 unspecified atom stereocenters. The van der Waals surface area contributed by atoms with Gasteiger partial charge in [-0.3, -0.25) is 5.41 Å². The first-order valence-corrected chi connectivity index (χ1v) is 9.96. The molecule has 0 fully saturated rings. The van der Waals surface area contributed by atoms with Crippen molar-refractivity contribution in [2.75, 3.05) is 0 Å². The van der Waals surface area contributed by atoms with Crippen molar-refractivity contribution in [1.82, 2.24) is 4.57 Å². The van der Waals surface area contributed by atoms with Gasteiger partial charge in [-0.1, -0.05) is 0 Å². The van der Waals surface area contributed by atoms with E-state index in [-0.39, 0.29) is 40.4 Å². The van der Waals surface area contributed by atoms with Crippen molar-refractivity contribution < 1.29 is 47.7 Å². The third-order valence-corrected chi connectivity index (χ3v) is 6.49. The van der Waals surface area contributed by atoms with E-state index in [2.05, 4.69) is 0 Å². The largest absolute Gasteiger partial charge is 0.509 e. The Balaban J connectivity index is 3.58. The number of nitrogens with two attached hydrogens (primary N) is 1. The second-order valence-corrected chi connectivity index (χ2v) is 9.11. The summed E-state index contributed by atoms with van der Waals surface area (Å²) in [6, 6.07) is 0. The highest BCUT2D eigenvalue weighted by molar-refractivity contribution is 7.92. The van der Waals surface area contributed by atoms with Crippen LogP contribution in [0.5, 0.6) is 0 Å². The van der Waals surface area contributed by atoms with Crippen LogP contribution < -0.4 is 10.3 Å². The van der Waals surface area contributed by atoms with Crippen LogP contribution in [0.3, 0.4) is 0 Å². The van der Waals surface area contributed by atoms with Gasteiger partial charge in [-0.25, -0.2) is 26.0 Å². The number of sulfone groups is 2. The molecule has 1 aromatic rings. The van der Waals surface area contributed by atoms with Crippen molar-refractivity contribution in [1.29, 1.82) is 5.41 Å². The van der Waals surface area contributed by atoms with Crippen LogP contribution in [0.15, 0.2) is 16.4 Å². The minimum Gasteiger partial charge on any atom is -0.388 e. The summed E-state index contributed by atoms with van der Waals surface area (Å²) in [5.74, 6) is -0.253. The minimum absolute atomic E-state index is 0.0163. The normalized spacial score (nSPS) is 13.7. The molecule has 27 heavy (non-hydrogen) atoms. The molecule has 0 spiro atoms. The first-order chi connectivity index (χ1) is 11.9. The van der Waals surface area contributed by atoms with Crippen molar-refractivity contribution in [3.05, 3.63) is 6.20 Å². The summed E-state index contributed by atoms with van der Waals surface area (Å²) in [7, 11) is -11.8. The summed E-state index contributed by atoms with van der Waals surface area (Å²) in [5.41, 5.74) is -6.62. The van der Waals surface area contributed by atoms with Gasteiger partial charge in [0, 0.05) is 6.42 Å². The van der Waals surface area contributed by atoms with Crippen molar-refractivity contribution in [3.63, 3.8) is 0 Å². The van der Waals surface area contributed by atoms with E-state index < -0.39 is 47.4 Å². The number of nitrogens with one attached hydrogen (secondary N) is 1. The van der Waals surface area contributed by atoms with E-state index >= 15 is 0 Å². The predicted molar refractivity (Wildman–Crippen MR) is 77.9 cm³/mol. The Morgan fingerprint density at radius 2 is 1.56 bits per heavy atom. The molecular formula is C11H15F6N4O4S2+. The maximum Gasteiger partial charge on any atom is 0.509 e. The average molecular weight is 445 g/mol. The lowest BCUT2D eigenvalue weighted by Gasteiger charge is -2.08. The molecular weight excluding hydrogens is 430 g/mol. The number of amidine groups is 1. The Labute approximate surface area is 149 Å². The van der Waals surface area contributed by atoms with Crippen LogP contribution >= 0.6 is 0 Å². The lowest BCUT2D eigenvalue weighted by molar-refractivity contribution is -0.735. The third kappa shape index (κ3) is 4.53. The molecule has 0 aliphatic heterocycles. The molecule has 16 heteroatoms. The van der Waals surface area contributed by atoms with E-state index in [9.17, 15) is 43.2 Å². The molecule has 1 rings (SSSR count). The first-order valence-electron chi connectivity index (χ1n) is 6.99. The highest BCUT2D eigenvalue weighted by Gasteiger charge is 2.58. The van der Waals surface area contributed by atoms with Crippen LogP contribution in [0.1, 0.15) is 19.3 Å². The summed E-state index contributed by atoms with van der Waals surface area (Å²) in [6.45, 7) is -0.543. The number of imidazole rings is 1. The summed E-state index contributed by atoms with van der Waals surface area (Å²) >= 11 is 0. The molecule has 0 aromatic carbocycles. The van der Waals surface area contributed by atoms with Gasteiger partial charge in [-0.05, 0) is 12.8 Å².